The summed E-state index contributed by atoms with van der Waals surface area (Å²) >= 11 is 0. The van der Waals surface area contributed by atoms with Gasteiger partial charge in [0.15, 0.2) is 0 Å². The molecule has 0 aliphatic carbocycles. The zero-order valence-electron chi connectivity index (χ0n) is 13.6. The van der Waals surface area contributed by atoms with Gasteiger partial charge in [0.1, 0.15) is 0 Å². The number of hydrogen-bond donors (Lipinski definition) is 2. The minimum Gasteiger partial charge on any atom is -0.321 e. The molecule has 0 heterocycles. The van der Waals surface area contributed by atoms with E-state index < -0.39 is 20.9 Å². The summed E-state index contributed by atoms with van der Waals surface area (Å²) in [6.45, 7) is 3.24. The number of nitrogens with zero attached hydrogens (tertiary/aromatic N) is 1. The van der Waals surface area contributed by atoms with Crippen LogP contribution in [0.2, 0.25) is 0 Å². The number of aryl methyl sites for hydroxylation is 1. The number of carbonyl (C=O) groups excluding carboxylic acids is 1. The van der Waals surface area contributed by atoms with Crippen molar-refractivity contribution in [1.29, 1.82) is 0 Å². The van der Waals surface area contributed by atoms with Crippen molar-refractivity contribution in [2.24, 2.45) is 0 Å². The van der Waals surface area contributed by atoms with Crippen LogP contribution in [0.15, 0.2) is 42.5 Å². The number of benzene rings is 2. The van der Waals surface area contributed by atoms with E-state index in [4.69, 9.17) is 0 Å². The predicted molar refractivity (Wildman–Crippen MR) is 95.3 cm³/mol. The van der Waals surface area contributed by atoms with E-state index in [1.165, 1.54) is 43.3 Å². The number of rotatable bonds is 6. The molecule has 132 valence electrons. The van der Waals surface area contributed by atoms with Gasteiger partial charge < -0.3 is 5.32 Å². The van der Waals surface area contributed by atoms with Crippen LogP contribution < -0.4 is 10.0 Å². The lowest BCUT2D eigenvalue weighted by molar-refractivity contribution is -0.384. The molecule has 0 unspecified atom stereocenters. The molecule has 0 saturated heterocycles. The van der Waals surface area contributed by atoms with Crippen molar-refractivity contribution >= 4 is 33.0 Å². The molecule has 25 heavy (non-hydrogen) atoms. The van der Waals surface area contributed by atoms with E-state index in [2.05, 4.69) is 10.0 Å². The van der Waals surface area contributed by atoms with E-state index in [0.29, 0.717) is 22.5 Å². The maximum absolute atomic E-state index is 12.3. The monoisotopic (exact) mass is 363 g/mol. The number of hydrogen-bond acceptors (Lipinski definition) is 5. The normalized spacial score (nSPS) is 11.0. The van der Waals surface area contributed by atoms with Gasteiger partial charge in [-0.15, -0.1) is 0 Å². The first-order valence-electron chi connectivity index (χ1n) is 7.39. The predicted octanol–water partition coefficient (Wildman–Crippen LogP) is 2.92. The Balaban J connectivity index is 2.16. The molecule has 2 N–H and O–H groups in total. The molecule has 0 radical (unpaired) electrons. The second kappa shape index (κ2) is 7.31. The number of non-ortho nitro benzene ring substituents is 1. The van der Waals surface area contributed by atoms with Crippen molar-refractivity contribution < 1.29 is 18.1 Å². The first-order chi connectivity index (χ1) is 11.7. The molecule has 0 aromatic heterocycles. The molecule has 0 aliphatic rings. The molecule has 0 bridgehead atoms. The Bertz CT molecular complexity index is 908. The van der Waals surface area contributed by atoms with Gasteiger partial charge in [-0.25, -0.2) is 8.42 Å². The van der Waals surface area contributed by atoms with Gasteiger partial charge in [0.05, 0.1) is 16.4 Å². The van der Waals surface area contributed by atoms with Gasteiger partial charge >= 0.3 is 0 Å². The highest BCUT2D eigenvalue weighted by molar-refractivity contribution is 7.92. The Morgan fingerprint density at radius 2 is 1.80 bits per heavy atom. The van der Waals surface area contributed by atoms with Crippen molar-refractivity contribution in [3.8, 4) is 0 Å². The van der Waals surface area contributed by atoms with Crippen LogP contribution in [0.1, 0.15) is 22.8 Å². The number of amides is 1. The van der Waals surface area contributed by atoms with E-state index >= 15 is 0 Å². The van der Waals surface area contributed by atoms with Crippen LogP contribution in [0.4, 0.5) is 17.1 Å². The Morgan fingerprint density at radius 1 is 1.16 bits per heavy atom. The van der Waals surface area contributed by atoms with E-state index in [-0.39, 0.29) is 11.4 Å². The number of nitrogens with one attached hydrogen (secondary N) is 2. The Kier molecular flexibility index (Phi) is 5.38. The Labute approximate surface area is 145 Å². The molecular weight excluding hydrogens is 346 g/mol. The van der Waals surface area contributed by atoms with Crippen molar-refractivity contribution in [2.45, 2.75) is 13.8 Å². The fourth-order valence-electron chi connectivity index (χ4n) is 1.99. The minimum atomic E-state index is -3.39. The Hall–Kier alpha value is -2.94. The van der Waals surface area contributed by atoms with Crippen LogP contribution in [0, 0.1) is 17.0 Å². The van der Waals surface area contributed by atoms with Crippen LogP contribution in [-0.2, 0) is 10.0 Å². The molecule has 2 aromatic carbocycles. The lowest BCUT2D eigenvalue weighted by atomic mass is 10.1. The summed E-state index contributed by atoms with van der Waals surface area (Å²) in [6.07, 6.45) is 0. The van der Waals surface area contributed by atoms with Crippen molar-refractivity contribution in [3.05, 3.63) is 63.7 Å². The van der Waals surface area contributed by atoms with E-state index in [1.807, 2.05) is 0 Å². The average Bonchev–Trinajstić information content (AvgIpc) is 2.57. The first-order valence-corrected chi connectivity index (χ1v) is 9.04. The van der Waals surface area contributed by atoms with Crippen molar-refractivity contribution in [1.82, 2.24) is 0 Å². The van der Waals surface area contributed by atoms with E-state index in [1.54, 1.807) is 13.0 Å². The molecule has 0 saturated carbocycles. The van der Waals surface area contributed by atoms with Gasteiger partial charge in [-0.1, -0.05) is 6.07 Å². The average molecular weight is 363 g/mol. The van der Waals surface area contributed by atoms with Crippen molar-refractivity contribution in [2.75, 3.05) is 15.8 Å². The largest absolute Gasteiger partial charge is 0.321 e. The number of carbonyl (C=O) groups is 1. The molecule has 0 spiro atoms. The van der Waals surface area contributed by atoms with Crippen molar-refractivity contribution in [3.63, 3.8) is 0 Å². The highest BCUT2D eigenvalue weighted by Crippen LogP contribution is 2.22. The maximum atomic E-state index is 12.3. The van der Waals surface area contributed by atoms with Gasteiger partial charge in [0, 0.05) is 23.4 Å². The van der Waals surface area contributed by atoms with Gasteiger partial charge in [0.25, 0.3) is 11.6 Å². The SMILES string of the molecule is CCS(=O)(=O)Nc1ccc(C(=O)Nc2cc([N+](=O)[O-])ccc2C)cc1. The summed E-state index contributed by atoms with van der Waals surface area (Å²) in [5.41, 5.74) is 1.56. The smallest absolute Gasteiger partial charge is 0.271 e. The maximum Gasteiger partial charge on any atom is 0.271 e. The fraction of sp³-hybridized carbons (Fsp3) is 0.188. The highest BCUT2D eigenvalue weighted by atomic mass is 32.2. The summed E-state index contributed by atoms with van der Waals surface area (Å²) in [7, 11) is -3.39. The zero-order chi connectivity index (χ0) is 18.6. The summed E-state index contributed by atoms with van der Waals surface area (Å²) in [5, 5.41) is 13.5. The number of sulfonamides is 1. The first kappa shape index (κ1) is 18.4. The lowest BCUT2D eigenvalue weighted by Gasteiger charge is -2.09. The molecule has 0 atom stereocenters. The van der Waals surface area contributed by atoms with Crippen LogP contribution >= 0.6 is 0 Å². The Morgan fingerprint density at radius 3 is 2.36 bits per heavy atom. The number of anilines is 2. The number of nitro benzene ring substituents is 1. The third-order valence-corrected chi connectivity index (χ3v) is 4.79. The molecule has 2 aromatic rings. The quantitative estimate of drug-likeness (QED) is 0.604. The second-order valence-electron chi connectivity index (χ2n) is 5.29. The zero-order valence-corrected chi connectivity index (χ0v) is 14.5. The second-order valence-corrected chi connectivity index (χ2v) is 7.30. The summed E-state index contributed by atoms with van der Waals surface area (Å²) in [6, 6.07) is 10.1. The molecule has 1 amide bonds. The van der Waals surface area contributed by atoms with Crippen LogP contribution in [0.3, 0.4) is 0 Å². The molecule has 0 aliphatic heterocycles. The topological polar surface area (TPSA) is 118 Å². The molecular formula is C16H17N3O5S. The van der Waals surface area contributed by atoms with Crippen LogP contribution in [0.5, 0.6) is 0 Å². The third-order valence-electron chi connectivity index (χ3n) is 3.48. The van der Waals surface area contributed by atoms with Gasteiger partial charge in [-0.05, 0) is 43.7 Å². The van der Waals surface area contributed by atoms with E-state index in [9.17, 15) is 23.3 Å². The van der Waals surface area contributed by atoms with Gasteiger partial charge in [-0.2, -0.15) is 0 Å². The molecule has 0 fully saturated rings. The standard InChI is InChI=1S/C16H17N3O5S/c1-3-25(23,24)18-13-7-5-12(6-8-13)16(20)17-15-10-14(19(21)22)9-4-11(15)2/h4-10,18H,3H2,1-2H3,(H,17,20). The summed E-state index contributed by atoms with van der Waals surface area (Å²) in [5.74, 6) is -0.505. The molecule has 8 nitrogen and oxygen atoms in total. The van der Waals surface area contributed by atoms with Gasteiger partial charge in [0.2, 0.25) is 10.0 Å². The summed E-state index contributed by atoms with van der Waals surface area (Å²) in [4.78, 5) is 22.6. The molecule has 2 rings (SSSR count). The number of nitro groups is 1. The molecule has 9 heteroatoms. The highest BCUT2D eigenvalue weighted by Gasteiger charge is 2.13. The van der Waals surface area contributed by atoms with Gasteiger partial charge in [-0.3, -0.25) is 19.6 Å². The van der Waals surface area contributed by atoms with E-state index in [0.717, 1.165) is 0 Å². The summed E-state index contributed by atoms with van der Waals surface area (Å²) < 4.78 is 25.4. The van der Waals surface area contributed by atoms with Crippen LogP contribution in [0.25, 0.3) is 0 Å². The minimum absolute atomic E-state index is 0.0543. The lowest BCUT2D eigenvalue weighted by Crippen LogP contribution is -2.15. The van der Waals surface area contributed by atoms with Crippen LogP contribution in [-0.4, -0.2) is 25.0 Å². The fourth-order valence-corrected chi connectivity index (χ4v) is 2.63. The third kappa shape index (κ3) is 4.77.